The number of carbonyl (C=O) groups is 1. The molecule has 0 aliphatic carbocycles. The zero-order chi connectivity index (χ0) is 9.30. The summed E-state index contributed by atoms with van der Waals surface area (Å²) in [5, 5.41) is 7.85. The van der Waals surface area contributed by atoms with Crippen LogP contribution in [-0.4, -0.2) is 10.9 Å². The van der Waals surface area contributed by atoms with Gasteiger partial charge in [-0.3, -0.25) is 4.79 Å². The minimum absolute atomic E-state index is 0. The summed E-state index contributed by atoms with van der Waals surface area (Å²) >= 11 is 0. The van der Waals surface area contributed by atoms with E-state index < -0.39 is 0 Å². The predicted octanol–water partition coefficient (Wildman–Crippen LogP) is 1.67. The Morgan fingerprint density at radius 2 is 2.00 bits per heavy atom. The average molecular weight is 254 g/mol. The molecule has 0 aromatic carbocycles. The Morgan fingerprint density at radius 1 is 1.46 bits per heavy atom. The molecule has 0 aliphatic heterocycles. The third-order valence-corrected chi connectivity index (χ3v) is 1.82. The van der Waals surface area contributed by atoms with Gasteiger partial charge in [0.25, 0.3) is 0 Å². The maximum absolute atomic E-state index is 11.2. The van der Waals surface area contributed by atoms with Crippen LogP contribution in [0.15, 0.2) is 0 Å². The summed E-state index contributed by atoms with van der Waals surface area (Å²) in [6.07, 6.45) is 0. The van der Waals surface area contributed by atoms with Crippen LogP contribution in [0.3, 0.4) is 0 Å². The van der Waals surface area contributed by atoms with Gasteiger partial charge in [0.15, 0.2) is 5.78 Å². The normalized spacial score (nSPS) is 9.92. The molecule has 3 nitrogen and oxygen atoms in total. The Morgan fingerprint density at radius 3 is 2.31 bits per heavy atom. The molecule has 1 heterocycles. The molecule has 0 bridgehead atoms. The van der Waals surface area contributed by atoms with Crippen molar-refractivity contribution in [1.82, 2.24) is 10.2 Å². The fraction of sp³-hybridized carbons (Fsp3) is 0.556. The van der Waals surface area contributed by atoms with E-state index in [0.717, 1.165) is 11.4 Å². The second-order valence-electron chi connectivity index (χ2n) is 3.26. The Hall–Kier alpha value is -0.0161. The first kappa shape index (κ1) is 13.0. The number of aromatic nitrogens is 2. The summed E-state index contributed by atoms with van der Waals surface area (Å²) in [6.45, 7) is 7.39. The van der Waals surface area contributed by atoms with E-state index in [1.54, 1.807) is 6.92 Å². The van der Waals surface area contributed by atoms with Gasteiger partial charge in [-0.1, -0.05) is 20.8 Å². The second kappa shape index (κ2) is 5.01. The van der Waals surface area contributed by atoms with Crippen LogP contribution in [0.25, 0.3) is 0 Å². The van der Waals surface area contributed by atoms with E-state index in [2.05, 4.69) is 10.2 Å². The Bertz CT molecular complexity index is 305. The molecule has 1 aromatic heterocycles. The monoisotopic (exact) mass is 254 g/mol. The van der Waals surface area contributed by atoms with Gasteiger partial charge in [-0.05, 0) is 12.8 Å². The molecule has 0 aliphatic rings. The van der Waals surface area contributed by atoms with Gasteiger partial charge in [0, 0.05) is 44.0 Å². The second-order valence-corrected chi connectivity index (χ2v) is 3.26. The minimum Gasteiger partial charge on any atom is -0.578 e. The number of rotatable bonds is 2. The standard InChI is InChI=1S/C9H14N2O.Y/c1-5(2)9-8(7(4)12)6(3)10-11-9;/h5H,1-4H3,(H,10,11,12);/p-1. The van der Waals surface area contributed by atoms with Crippen molar-refractivity contribution in [3.05, 3.63) is 17.0 Å². The summed E-state index contributed by atoms with van der Waals surface area (Å²) in [5.41, 5.74) is 2.26. The molecule has 1 aromatic rings. The number of ketones is 1. The maximum atomic E-state index is 11.2. The van der Waals surface area contributed by atoms with E-state index in [1.807, 2.05) is 20.8 Å². The van der Waals surface area contributed by atoms with Crippen molar-refractivity contribution >= 4 is 5.78 Å². The van der Waals surface area contributed by atoms with Crippen LogP contribution in [0.1, 0.15) is 48.4 Å². The van der Waals surface area contributed by atoms with Gasteiger partial charge in [0.05, 0.1) is 0 Å². The average Bonchev–Trinajstić information content (AvgIpc) is 2.30. The largest absolute Gasteiger partial charge is 0.578 e. The predicted molar refractivity (Wildman–Crippen MR) is 46.4 cm³/mol. The molecule has 0 unspecified atom stereocenters. The summed E-state index contributed by atoms with van der Waals surface area (Å²) in [5.74, 6) is 0.325. The van der Waals surface area contributed by atoms with Crippen molar-refractivity contribution < 1.29 is 37.5 Å². The van der Waals surface area contributed by atoms with Crippen molar-refractivity contribution in [1.29, 1.82) is 0 Å². The van der Waals surface area contributed by atoms with Crippen LogP contribution in [0.2, 0.25) is 0 Å². The smallest absolute Gasteiger partial charge is 0.160 e. The van der Waals surface area contributed by atoms with Crippen molar-refractivity contribution in [2.45, 2.75) is 33.6 Å². The molecule has 13 heavy (non-hydrogen) atoms. The van der Waals surface area contributed by atoms with Crippen LogP contribution < -0.4 is 5.10 Å². The number of nitrogens with zero attached hydrogens (tertiary/aromatic N) is 2. The fourth-order valence-corrected chi connectivity index (χ4v) is 1.25. The summed E-state index contributed by atoms with van der Waals surface area (Å²) in [7, 11) is 0. The van der Waals surface area contributed by atoms with Gasteiger partial charge in [-0.25, -0.2) is 0 Å². The number of Topliss-reactive ketones (excluding diaryl/α,β-unsaturated/α-hetero) is 1. The first-order chi connectivity index (χ1) is 5.54. The van der Waals surface area contributed by atoms with Gasteiger partial charge in [0.2, 0.25) is 0 Å². The quantitative estimate of drug-likeness (QED) is 0.754. The van der Waals surface area contributed by atoms with E-state index in [4.69, 9.17) is 0 Å². The number of carbonyl (C=O) groups excluding carboxylic acids is 1. The third kappa shape index (κ3) is 2.71. The van der Waals surface area contributed by atoms with Gasteiger partial charge in [-0.15, -0.1) is 5.69 Å². The summed E-state index contributed by atoms with van der Waals surface area (Å²) in [6, 6.07) is 0. The first-order valence-electron chi connectivity index (χ1n) is 4.04. The molecule has 69 valence electrons. The summed E-state index contributed by atoms with van der Waals surface area (Å²) in [4.78, 5) is 11.2. The van der Waals surface area contributed by atoms with Crippen LogP contribution >= 0.6 is 0 Å². The number of hydrogen-bond acceptors (Lipinski definition) is 2. The zero-order valence-electron chi connectivity index (χ0n) is 8.46. The van der Waals surface area contributed by atoms with Gasteiger partial charge in [-0.2, -0.15) is 0 Å². The van der Waals surface area contributed by atoms with Gasteiger partial charge in [0.1, 0.15) is 0 Å². The Kier molecular flexibility index (Phi) is 5.01. The SMILES string of the molecule is CC(=O)c1c(C(C)C)n[n-]c1C.[Y]. The van der Waals surface area contributed by atoms with Crippen LogP contribution in [-0.2, 0) is 32.7 Å². The molecule has 0 saturated heterocycles. The molecule has 0 spiro atoms. The molecule has 0 saturated carbocycles. The van der Waals surface area contributed by atoms with E-state index in [1.165, 1.54) is 0 Å². The van der Waals surface area contributed by atoms with Gasteiger partial charge < -0.3 is 10.2 Å². The van der Waals surface area contributed by atoms with Crippen molar-refractivity contribution in [3.63, 3.8) is 0 Å². The van der Waals surface area contributed by atoms with Crippen LogP contribution in [0.5, 0.6) is 0 Å². The van der Waals surface area contributed by atoms with E-state index >= 15 is 0 Å². The maximum Gasteiger partial charge on any atom is 0.160 e. The zero-order valence-corrected chi connectivity index (χ0v) is 11.3. The number of aryl methyl sites for hydroxylation is 1. The molecular formula is C9H13N2OY-. The first-order valence-corrected chi connectivity index (χ1v) is 4.04. The van der Waals surface area contributed by atoms with Crippen molar-refractivity contribution in [2.75, 3.05) is 0 Å². The molecule has 4 heteroatoms. The molecule has 0 fully saturated rings. The van der Waals surface area contributed by atoms with Crippen molar-refractivity contribution in [2.24, 2.45) is 0 Å². The third-order valence-electron chi connectivity index (χ3n) is 1.82. The topological polar surface area (TPSA) is 44.1 Å². The van der Waals surface area contributed by atoms with Gasteiger partial charge >= 0.3 is 0 Å². The van der Waals surface area contributed by atoms with Crippen LogP contribution in [0.4, 0.5) is 0 Å². The molecule has 1 rings (SSSR count). The van der Waals surface area contributed by atoms with E-state index in [-0.39, 0.29) is 44.4 Å². The molecule has 0 amide bonds. The minimum atomic E-state index is 0. The Labute approximate surface area is 104 Å². The summed E-state index contributed by atoms with van der Waals surface area (Å²) < 4.78 is 0. The van der Waals surface area contributed by atoms with E-state index in [0.29, 0.717) is 5.56 Å². The van der Waals surface area contributed by atoms with Crippen molar-refractivity contribution in [3.8, 4) is 0 Å². The molecule has 1 radical (unpaired) electrons. The van der Waals surface area contributed by atoms with E-state index in [9.17, 15) is 4.79 Å². The van der Waals surface area contributed by atoms with Crippen LogP contribution in [0, 0.1) is 6.92 Å². The number of hydrogen-bond donors (Lipinski definition) is 0. The molecular weight excluding hydrogens is 241 g/mol. The Balaban J connectivity index is 0.00000144. The molecule has 0 N–H and O–H groups in total. The molecule has 0 atom stereocenters. The fourth-order valence-electron chi connectivity index (χ4n) is 1.25.